The van der Waals surface area contributed by atoms with E-state index in [1.807, 2.05) is 24.3 Å². The van der Waals surface area contributed by atoms with Gasteiger partial charge in [0.05, 0.1) is 23.6 Å². The summed E-state index contributed by atoms with van der Waals surface area (Å²) in [7, 11) is 0. The van der Waals surface area contributed by atoms with Gasteiger partial charge in [-0.3, -0.25) is 15.0 Å². The van der Waals surface area contributed by atoms with Crippen LogP contribution in [0.3, 0.4) is 0 Å². The Morgan fingerprint density at radius 3 is 2.57 bits per heavy atom. The van der Waals surface area contributed by atoms with Gasteiger partial charge < -0.3 is 10.6 Å². The zero-order valence-corrected chi connectivity index (χ0v) is 17.3. The minimum absolute atomic E-state index is 0. The van der Waals surface area contributed by atoms with Crippen LogP contribution in [0.1, 0.15) is 17.7 Å². The van der Waals surface area contributed by atoms with Crippen LogP contribution in [0.5, 0.6) is 0 Å². The normalized spacial score (nSPS) is 18.2. The number of hydrogen-bond acceptors (Lipinski definition) is 6. The third-order valence-corrected chi connectivity index (χ3v) is 4.53. The Morgan fingerprint density at radius 1 is 1.25 bits per heavy atom. The number of halogens is 3. The van der Waals surface area contributed by atoms with Gasteiger partial charge in [0.2, 0.25) is 0 Å². The highest BCUT2D eigenvalue weighted by Gasteiger charge is 2.34. The van der Waals surface area contributed by atoms with E-state index < -0.39 is 5.91 Å². The maximum Gasteiger partial charge on any atom is 0.267 e. The van der Waals surface area contributed by atoms with E-state index in [9.17, 15) is 4.79 Å². The molecule has 1 aromatic heterocycles. The minimum atomic E-state index is -0.618. The number of rotatable bonds is 6. The number of aromatic nitrogens is 2. The molecule has 1 aliphatic heterocycles. The Labute approximate surface area is 180 Å². The number of benzene rings is 1. The van der Waals surface area contributed by atoms with Crippen molar-refractivity contribution in [3.63, 3.8) is 0 Å². The molecule has 4 N–H and O–H groups in total. The molecule has 1 saturated heterocycles. The van der Waals surface area contributed by atoms with Gasteiger partial charge in [0, 0.05) is 17.6 Å². The molecule has 7 nitrogen and oxygen atoms in total. The average molecular weight is 447 g/mol. The van der Waals surface area contributed by atoms with Crippen LogP contribution >= 0.6 is 36.4 Å². The molecule has 1 fully saturated rings. The molecule has 10 heteroatoms. The quantitative estimate of drug-likeness (QED) is 0.309. The molecule has 2 aromatic rings. The van der Waals surface area contributed by atoms with E-state index in [2.05, 4.69) is 20.6 Å². The van der Waals surface area contributed by atoms with Crippen LogP contribution in [0.25, 0.3) is 6.08 Å². The van der Waals surface area contributed by atoms with Gasteiger partial charge in [-0.05, 0) is 43.2 Å². The van der Waals surface area contributed by atoms with Crippen LogP contribution in [0, 0.1) is 0 Å². The van der Waals surface area contributed by atoms with Crippen molar-refractivity contribution >= 4 is 54.2 Å². The molecule has 0 saturated carbocycles. The fourth-order valence-corrected chi connectivity index (χ4v) is 3.12. The summed E-state index contributed by atoms with van der Waals surface area (Å²) in [5.41, 5.74) is 3.11. The molecular weight excluding hydrogens is 425 g/mol. The average Bonchev–Trinajstić information content (AvgIpc) is 3.11. The van der Waals surface area contributed by atoms with Crippen molar-refractivity contribution in [1.29, 1.82) is 0 Å². The summed E-state index contributed by atoms with van der Waals surface area (Å²) in [5.74, 6) is 0.0550. The number of amides is 1. The highest BCUT2D eigenvalue weighted by Crippen LogP contribution is 2.25. The molecular formula is C18H22Cl3N5O2. The SMILES string of the molecule is Cl.Cl.O=C(/C=C/c1cnc(N[C@]2(Cc3ccc(Cl)cc3)CCNC2)cn1)NO. The lowest BCUT2D eigenvalue weighted by molar-refractivity contribution is -0.124. The minimum Gasteiger partial charge on any atom is -0.362 e. The van der Waals surface area contributed by atoms with Gasteiger partial charge >= 0.3 is 0 Å². The Kier molecular flexibility index (Phi) is 9.64. The van der Waals surface area contributed by atoms with Crippen LogP contribution in [0.4, 0.5) is 5.82 Å². The lowest BCUT2D eigenvalue weighted by Crippen LogP contribution is -2.43. The van der Waals surface area contributed by atoms with E-state index in [-0.39, 0.29) is 30.4 Å². The van der Waals surface area contributed by atoms with Crippen LogP contribution in [0.15, 0.2) is 42.7 Å². The number of carbonyl (C=O) groups is 1. The maximum atomic E-state index is 11.0. The summed E-state index contributed by atoms with van der Waals surface area (Å²) < 4.78 is 0. The number of anilines is 1. The zero-order valence-electron chi connectivity index (χ0n) is 14.9. The van der Waals surface area contributed by atoms with E-state index in [1.54, 1.807) is 12.4 Å². The van der Waals surface area contributed by atoms with Crippen molar-refractivity contribution in [1.82, 2.24) is 20.8 Å². The van der Waals surface area contributed by atoms with E-state index in [0.29, 0.717) is 11.5 Å². The van der Waals surface area contributed by atoms with E-state index in [1.165, 1.54) is 23.2 Å². The molecule has 0 radical (unpaired) electrons. The van der Waals surface area contributed by atoms with Crippen molar-refractivity contribution in [2.45, 2.75) is 18.4 Å². The first-order valence-electron chi connectivity index (χ1n) is 8.26. The number of hydrogen-bond donors (Lipinski definition) is 4. The second-order valence-electron chi connectivity index (χ2n) is 6.27. The van der Waals surface area contributed by atoms with Crippen LogP contribution in [-0.4, -0.2) is 39.7 Å². The molecule has 152 valence electrons. The molecule has 3 rings (SSSR count). The monoisotopic (exact) mass is 445 g/mol. The lowest BCUT2D eigenvalue weighted by Gasteiger charge is -2.30. The van der Waals surface area contributed by atoms with Gasteiger partial charge in [-0.1, -0.05) is 23.7 Å². The van der Waals surface area contributed by atoms with E-state index >= 15 is 0 Å². The molecule has 0 spiro atoms. The summed E-state index contributed by atoms with van der Waals surface area (Å²) in [6.07, 6.45) is 7.68. The molecule has 1 atom stereocenters. The summed E-state index contributed by atoms with van der Waals surface area (Å²) in [6, 6.07) is 7.87. The Bertz CT molecular complexity index is 779. The number of nitrogens with zero attached hydrogens (tertiary/aromatic N) is 2. The first-order valence-corrected chi connectivity index (χ1v) is 8.64. The largest absolute Gasteiger partial charge is 0.362 e. The predicted molar refractivity (Wildman–Crippen MR) is 114 cm³/mol. The highest BCUT2D eigenvalue weighted by molar-refractivity contribution is 6.30. The first kappa shape index (κ1) is 24.1. The van der Waals surface area contributed by atoms with Crippen LogP contribution < -0.4 is 16.1 Å². The summed E-state index contributed by atoms with van der Waals surface area (Å²) in [4.78, 5) is 19.6. The molecule has 0 unspecified atom stereocenters. The fourth-order valence-electron chi connectivity index (χ4n) is 3.00. The Morgan fingerprint density at radius 2 is 2.00 bits per heavy atom. The molecule has 1 amide bonds. The van der Waals surface area contributed by atoms with Gasteiger partial charge in [0.1, 0.15) is 5.82 Å². The lowest BCUT2D eigenvalue weighted by atomic mass is 9.90. The summed E-state index contributed by atoms with van der Waals surface area (Å²) >= 11 is 5.97. The van der Waals surface area contributed by atoms with Crippen LogP contribution in [-0.2, 0) is 11.2 Å². The second kappa shape index (κ2) is 11.2. The van der Waals surface area contributed by atoms with Gasteiger partial charge in [-0.15, -0.1) is 24.8 Å². The topological polar surface area (TPSA) is 99.2 Å². The van der Waals surface area contributed by atoms with Crippen molar-refractivity contribution in [2.24, 2.45) is 0 Å². The molecule has 0 aliphatic carbocycles. The number of carbonyl (C=O) groups excluding carboxylic acids is 1. The molecule has 28 heavy (non-hydrogen) atoms. The standard InChI is InChI=1S/C18H20ClN5O2.2ClH/c19-14-3-1-13(2-4-14)9-18(7-8-20-12-18)23-16-11-21-15(10-22-16)5-6-17(25)24-26;;/h1-6,10-11,20,26H,7-9,12H2,(H,22,23)(H,24,25);2*1H/b6-5+;;/t18-;;/m0../s1. The number of nitrogens with one attached hydrogen (secondary N) is 3. The maximum absolute atomic E-state index is 11.0. The molecule has 1 aromatic carbocycles. The second-order valence-corrected chi connectivity index (χ2v) is 6.71. The van der Waals surface area contributed by atoms with Gasteiger partial charge in [-0.2, -0.15) is 0 Å². The zero-order chi connectivity index (χ0) is 18.4. The first-order chi connectivity index (χ1) is 12.6. The number of hydroxylamine groups is 1. The molecule has 2 heterocycles. The van der Waals surface area contributed by atoms with Crippen LogP contribution in [0.2, 0.25) is 5.02 Å². The van der Waals surface area contributed by atoms with Gasteiger partial charge in [-0.25, -0.2) is 10.5 Å². The van der Waals surface area contributed by atoms with E-state index in [4.69, 9.17) is 16.8 Å². The van der Waals surface area contributed by atoms with Gasteiger partial charge in [0.25, 0.3) is 5.91 Å². The highest BCUT2D eigenvalue weighted by atomic mass is 35.5. The third kappa shape index (κ3) is 6.61. The third-order valence-electron chi connectivity index (χ3n) is 4.28. The summed E-state index contributed by atoms with van der Waals surface area (Å²) in [6.45, 7) is 1.76. The fraction of sp³-hybridized carbons (Fsp3) is 0.278. The van der Waals surface area contributed by atoms with Crippen molar-refractivity contribution in [3.05, 3.63) is 59.0 Å². The molecule has 1 aliphatic rings. The Balaban J connectivity index is 0.00000196. The summed E-state index contributed by atoms with van der Waals surface area (Å²) in [5, 5.41) is 16.1. The smallest absolute Gasteiger partial charge is 0.267 e. The predicted octanol–water partition coefficient (Wildman–Crippen LogP) is 2.88. The van der Waals surface area contributed by atoms with Crippen molar-refractivity contribution in [3.8, 4) is 0 Å². The van der Waals surface area contributed by atoms with Gasteiger partial charge in [0.15, 0.2) is 0 Å². The van der Waals surface area contributed by atoms with Crippen molar-refractivity contribution < 1.29 is 10.0 Å². The molecule has 0 bridgehead atoms. The van der Waals surface area contributed by atoms with E-state index in [0.717, 1.165) is 31.0 Å². The van der Waals surface area contributed by atoms with Crippen molar-refractivity contribution in [2.75, 3.05) is 18.4 Å². The Hall–Kier alpha value is -1.90.